The molecule has 0 aliphatic carbocycles. The van der Waals surface area contributed by atoms with Gasteiger partial charge in [-0.05, 0) is 66.1 Å². The van der Waals surface area contributed by atoms with Crippen molar-refractivity contribution in [1.82, 2.24) is 9.96 Å². The predicted octanol–water partition coefficient (Wildman–Crippen LogP) is 4.95. The van der Waals surface area contributed by atoms with Crippen LogP contribution in [0.5, 0.6) is 0 Å². The maximum Gasteiger partial charge on any atom is 0.528 e. The number of carbonyl (C=O) groups is 3. The molecule has 0 aromatic carbocycles. The van der Waals surface area contributed by atoms with E-state index in [1.54, 1.807) is 41.5 Å². The molecule has 10 nitrogen and oxygen atoms in total. The van der Waals surface area contributed by atoms with Crippen LogP contribution in [0, 0.1) is 5.92 Å². The summed E-state index contributed by atoms with van der Waals surface area (Å²) in [7, 11) is -2.13. The van der Waals surface area contributed by atoms with Crippen molar-refractivity contribution in [2.75, 3.05) is 13.2 Å². The summed E-state index contributed by atoms with van der Waals surface area (Å²) in [6.07, 6.45) is -1.14. The van der Waals surface area contributed by atoms with Gasteiger partial charge in [0.2, 0.25) is 5.88 Å². The Balaban J connectivity index is 1.85. The Hall–Kier alpha value is -2.11. The zero-order chi connectivity index (χ0) is 27.4. The topological polar surface area (TPSA) is 104 Å². The average Bonchev–Trinajstić information content (AvgIpc) is 2.92. The Labute approximate surface area is 215 Å². The first-order valence-electron chi connectivity index (χ1n) is 12.5. The van der Waals surface area contributed by atoms with Gasteiger partial charge >= 0.3 is 12.3 Å². The molecule has 3 rings (SSSR count). The number of hydrogen-bond donors (Lipinski definition) is 0. The van der Waals surface area contributed by atoms with Crippen LogP contribution in [0.1, 0.15) is 68.7 Å². The van der Waals surface area contributed by atoms with E-state index in [0.29, 0.717) is 13.0 Å². The van der Waals surface area contributed by atoms with Crippen LogP contribution in [0.3, 0.4) is 0 Å². The van der Waals surface area contributed by atoms with E-state index in [2.05, 4.69) is 33.9 Å². The third-order valence-electron chi connectivity index (χ3n) is 6.98. The number of hydroxylamine groups is 2. The van der Waals surface area contributed by atoms with Crippen LogP contribution in [0.4, 0.5) is 9.59 Å². The molecular formula is C25H42N2O8Si. The summed E-state index contributed by atoms with van der Waals surface area (Å²) >= 11 is 0. The fourth-order valence-electron chi connectivity index (χ4n) is 4.27. The third-order valence-corrected chi connectivity index (χ3v) is 11.5. The summed E-state index contributed by atoms with van der Waals surface area (Å²) in [5, 5.41) is 1.37. The van der Waals surface area contributed by atoms with Crippen LogP contribution in [0.15, 0.2) is 11.5 Å². The number of nitrogens with zero attached hydrogens (tertiary/aromatic N) is 2. The summed E-state index contributed by atoms with van der Waals surface area (Å²) in [6, 6.07) is -1.01. The lowest BCUT2D eigenvalue weighted by Gasteiger charge is -2.51. The zero-order valence-electron chi connectivity index (χ0n) is 23.5. The van der Waals surface area contributed by atoms with Gasteiger partial charge in [0.1, 0.15) is 17.2 Å². The van der Waals surface area contributed by atoms with Crippen LogP contribution in [-0.4, -0.2) is 72.9 Å². The molecule has 3 aliphatic heterocycles. The van der Waals surface area contributed by atoms with Crippen molar-refractivity contribution in [2.24, 2.45) is 5.92 Å². The van der Waals surface area contributed by atoms with E-state index in [1.165, 1.54) is 9.96 Å². The Morgan fingerprint density at radius 1 is 0.944 bits per heavy atom. The predicted molar refractivity (Wildman–Crippen MR) is 134 cm³/mol. The molecule has 3 aliphatic rings. The van der Waals surface area contributed by atoms with Crippen molar-refractivity contribution in [3.05, 3.63) is 11.5 Å². The summed E-state index contributed by atoms with van der Waals surface area (Å²) in [4.78, 5) is 45.0. The fraction of sp³-hybridized carbons (Fsp3) is 0.800. The minimum absolute atomic E-state index is 0.0133. The molecule has 0 bridgehead atoms. The number of hydrogen-bond acceptors (Lipinski definition) is 9. The molecule has 0 aromatic heterocycles. The monoisotopic (exact) mass is 526 g/mol. The van der Waals surface area contributed by atoms with Gasteiger partial charge in [-0.25, -0.2) is 9.59 Å². The number of ether oxygens (including phenoxy) is 3. The molecule has 3 atom stereocenters. The van der Waals surface area contributed by atoms with E-state index in [9.17, 15) is 14.4 Å². The SMILES string of the molecule is CC(C)(C)OC(=O)OC1=C(CO[Si](C)(C)C(C)(C)C)C2CCN(OC(=O)OC(C)(C)C)[C@@H]3C(=O)N1[C@H]23. The molecule has 3 heterocycles. The van der Waals surface area contributed by atoms with Crippen LogP contribution in [0.2, 0.25) is 18.1 Å². The first-order chi connectivity index (χ1) is 16.2. The van der Waals surface area contributed by atoms with E-state index in [0.717, 1.165) is 5.57 Å². The second-order valence-electron chi connectivity index (χ2n) is 13.2. The first-order valence-corrected chi connectivity index (χ1v) is 15.4. The summed E-state index contributed by atoms with van der Waals surface area (Å²) in [6.45, 7) is 21.8. The lowest BCUT2D eigenvalue weighted by atomic mass is 9.79. The van der Waals surface area contributed by atoms with Gasteiger partial charge in [0, 0.05) is 18.0 Å². The van der Waals surface area contributed by atoms with Gasteiger partial charge in [0.25, 0.3) is 5.91 Å². The molecule has 0 N–H and O–H groups in total. The van der Waals surface area contributed by atoms with Crippen molar-refractivity contribution in [3.8, 4) is 0 Å². The van der Waals surface area contributed by atoms with Crippen molar-refractivity contribution < 1.29 is 37.9 Å². The molecule has 36 heavy (non-hydrogen) atoms. The van der Waals surface area contributed by atoms with Gasteiger partial charge in [-0.3, -0.25) is 9.69 Å². The Kier molecular flexibility index (Phi) is 7.37. The molecule has 0 radical (unpaired) electrons. The minimum Gasteiger partial charge on any atom is -0.428 e. The Morgan fingerprint density at radius 2 is 1.50 bits per heavy atom. The first kappa shape index (κ1) is 28.5. The smallest absolute Gasteiger partial charge is 0.428 e. The highest BCUT2D eigenvalue weighted by Crippen LogP contribution is 2.50. The molecule has 0 spiro atoms. The maximum absolute atomic E-state index is 13.3. The van der Waals surface area contributed by atoms with E-state index >= 15 is 0 Å². The molecule has 11 heteroatoms. The lowest BCUT2D eigenvalue weighted by molar-refractivity contribution is -0.223. The summed E-state index contributed by atoms with van der Waals surface area (Å²) in [5.41, 5.74) is -0.702. The quantitative estimate of drug-likeness (QED) is 0.279. The van der Waals surface area contributed by atoms with Crippen LogP contribution in [0.25, 0.3) is 0 Å². The molecule has 1 unspecified atom stereocenters. The molecule has 0 aromatic rings. The summed E-state index contributed by atoms with van der Waals surface area (Å²) < 4.78 is 22.8. The van der Waals surface area contributed by atoms with Crippen molar-refractivity contribution in [2.45, 2.75) is 110 Å². The van der Waals surface area contributed by atoms with Gasteiger partial charge in [0.05, 0.1) is 12.6 Å². The molecule has 2 saturated heterocycles. The van der Waals surface area contributed by atoms with Crippen molar-refractivity contribution in [1.29, 1.82) is 0 Å². The van der Waals surface area contributed by atoms with Gasteiger partial charge in [-0.1, -0.05) is 20.8 Å². The molecule has 1 amide bonds. The van der Waals surface area contributed by atoms with Gasteiger partial charge < -0.3 is 23.5 Å². The lowest BCUT2D eigenvalue weighted by Crippen LogP contribution is -2.72. The second-order valence-corrected chi connectivity index (χ2v) is 18.0. The summed E-state index contributed by atoms with van der Waals surface area (Å²) in [5.74, 6) is -0.221. The highest BCUT2D eigenvalue weighted by atomic mass is 28.4. The number of rotatable bonds is 5. The zero-order valence-corrected chi connectivity index (χ0v) is 24.5. The standard InChI is InChI=1S/C25H42N2O8Si/c1-23(2,3)33-21(29)32-20-16(14-31-36(10,11)25(7,8)9)15-12-13-26(18-17(15)27(20)19(18)28)35-22(30)34-24(4,5)6/h15,17-18H,12-14H2,1-11H3/t15?,17-,18+/m1/s1. The number of β-lactam (4-membered cyclic amide) rings is 1. The molecular weight excluding hydrogens is 484 g/mol. The highest BCUT2D eigenvalue weighted by molar-refractivity contribution is 6.74. The second kappa shape index (κ2) is 9.32. The van der Waals surface area contributed by atoms with Crippen LogP contribution < -0.4 is 0 Å². The van der Waals surface area contributed by atoms with Gasteiger partial charge in [0.15, 0.2) is 8.32 Å². The van der Waals surface area contributed by atoms with E-state index < -0.39 is 37.9 Å². The minimum atomic E-state index is -2.13. The fourth-order valence-corrected chi connectivity index (χ4v) is 5.22. The molecule has 2 fully saturated rings. The number of carbonyl (C=O) groups excluding carboxylic acids is 3. The van der Waals surface area contributed by atoms with E-state index in [-0.39, 0.29) is 35.4 Å². The molecule has 204 valence electrons. The Morgan fingerprint density at radius 3 is 2.03 bits per heavy atom. The number of piperidine rings is 1. The van der Waals surface area contributed by atoms with E-state index in [1.807, 2.05) is 0 Å². The van der Waals surface area contributed by atoms with Crippen molar-refractivity contribution in [3.63, 3.8) is 0 Å². The largest absolute Gasteiger partial charge is 0.528 e. The van der Waals surface area contributed by atoms with Gasteiger partial charge in [-0.2, -0.15) is 0 Å². The van der Waals surface area contributed by atoms with Crippen molar-refractivity contribution >= 4 is 26.5 Å². The third kappa shape index (κ3) is 5.89. The normalized spacial score (nSPS) is 24.8. The number of amides is 1. The van der Waals surface area contributed by atoms with Gasteiger partial charge in [-0.15, -0.1) is 5.06 Å². The van der Waals surface area contributed by atoms with E-state index in [4.69, 9.17) is 23.5 Å². The van der Waals surface area contributed by atoms with Crippen LogP contribution in [-0.2, 0) is 28.3 Å². The molecule has 0 saturated carbocycles. The van der Waals surface area contributed by atoms with Crippen LogP contribution >= 0.6 is 0 Å². The highest BCUT2D eigenvalue weighted by Gasteiger charge is 2.65. The maximum atomic E-state index is 13.3. The Bertz CT molecular complexity index is 941. The average molecular weight is 527 g/mol.